The molecule has 0 spiro atoms. The maximum atomic E-state index is 11.4. The Kier molecular flexibility index (Phi) is 3.38. The Morgan fingerprint density at radius 1 is 1.14 bits per heavy atom. The van der Waals surface area contributed by atoms with Crippen LogP contribution in [0.25, 0.3) is 21.8 Å². The lowest BCUT2D eigenvalue weighted by Crippen LogP contribution is -1.96. The predicted molar refractivity (Wildman–Crippen MR) is 82.9 cm³/mol. The molecule has 7 heteroatoms. The van der Waals surface area contributed by atoms with Crippen LogP contribution in [0.5, 0.6) is 0 Å². The summed E-state index contributed by atoms with van der Waals surface area (Å²) in [5, 5.41) is 6.95. The average molecular weight is 319 g/mol. The van der Waals surface area contributed by atoms with Gasteiger partial charge in [0.2, 0.25) is 0 Å². The molecule has 5 nitrogen and oxygen atoms in total. The van der Waals surface area contributed by atoms with E-state index in [1.807, 2.05) is 18.6 Å². The quantitative estimate of drug-likeness (QED) is 0.744. The number of rotatable bonds is 3. The number of aromatic nitrogens is 3. The fourth-order valence-electron chi connectivity index (χ4n) is 1.94. The van der Waals surface area contributed by atoms with Gasteiger partial charge in [0.1, 0.15) is 5.01 Å². The highest BCUT2D eigenvalue weighted by molar-refractivity contribution is 7.90. The van der Waals surface area contributed by atoms with E-state index in [-0.39, 0.29) is 0 Å². The maximum absolute atomic E-state index is 11.4. The summed E-state index contributed by atoms with van der Waals surface area (Å²) in [6.07, 6.45) is 4.88. The van der Waals surface area contributed by atoms with E-state index >= 15 is 0 Å². The van der Waals surface area contributed by atoms with Gasteiger partial charge in [-0.25, -0.2) is 13.4 Å². The number of sulfone groups is 1. The summed E-state index contributed by atoms with van der Waals surface area (Å²) in [5.74, 6) is 0. The standard InChI is InChI=1S/C14H13N3O2S2/c1-17-8-11(7-15-17)13-9-20-14(16-13)10-3-5-12(6-4-10)21(2,18)19/h3-9H,1-2H3. The monoisotopic (exact) mass is 319 g/mol. The lowest BCUT2D eigenvalue weighted by molar-refractivity contribution is 0.602. The number of nitrogens with zero attached hydrogens (tertiary/aromatic N) is 3. The molecule has 0 fully saturated rings. The third kappa shape index (κ3) is 2.88. The number of hydrogen-bond acceptors (Lipinski definition) is 5. The highest BCUT2D eigenvalue weighted by atomic mass is 32.2. The first kappa shape index (κ1) is 14.0. The molecular weight excluding hydrogens is 306 g/mol. The molecule has 0 aliphatic heterocycles. The third-order valence-corrected chi connectivity index (χ3v) is 5.05. The molecule has 0 amide bonds. The van der Waals surface area contributed by atoms with Crippen molar-refractivity contribution in [1.82, 2.24) is 14.8 Å². The second-order valence-electron chi connectivity index (χ2n) is 4.74. The Hall–Kier alpha value is -1.99. The molecular formula is C14H13N3O2S2. The van der Waals surface area contributed by atoms with E-state index in [1.165, 1.54) is 17.6 Å². The van der Waals surface area contributed by atoms with Gasteiger partial charge in [0.25, 0.3) is 0 Å². The minimum Gasteiger partial charge on any atom is -0.275 e. The first-order chi connectivity index (χ1) is 9.93. The number of aryl methyl sites for hydroxylation is 1. The lowest BCUT2D eigenvalue weighted by atomic mass is 10.2. The van der Waals surface area contributed by atoms with Crippen molar-refractivity contribution in [3.05, 3.63) is 42.0 Å². The Morgan fingerprint density at radius 2 is 1.86 bits per heavy atom. The molecule has 108 valence electrons. The fourth-order valence-corrected chi connectivity index (χ4v) is 3.40. The maximum Gasteiger partial charge on any atom is 0.175 e. The molecule has 0 saturated heterocycles. The van der Waals surface area contributed by atoms with E-state index in [1.54, 1.807) is 35.1 Å². The zero-order valence-electron chi connectivity index (χ0n) is 11.5. The van der Waals surface area contributed by atoms with Gasteiger partial charge in [-0.15, -0.1) is 11.3 Å². The molecule has 0 aliphatic carbocycles. The van der Waals surface area contributed by atoms with Gasteiger partial charge in [0.15, 0.2) is 9.84 Å². The molecule has 0 radical (unpaired) electrons. The zero-order valence-corrected chi connectivity index (χ0v) is 13.1. The zero-order chi connectivity index (χ0) is 15.0. The van der Waals surface area contributed by atoms with Gasteiger partial charge in [-0.2, -0.15) is 5.10 Å². The molecule has 21 heavy (non-hydrogen) atoms. The first-order valence-electron chi connectivity index (χ1n) is 6.18. The summed E-state index contributed by atoms with van der Waals surface area (Å²) >= 11 is 1.52. The summed E-state index contributed by atoms with van der Waals surface area (Å²) in [5.41, 5.74) is 2.74. The third-order valence-electron chi connectivity index (χ3n) is 3.03. The number of thiazole rings is 1. The van der Waals surface area contributed by atoms with E-state index in [2.05, 4.69) is 10.1 Å². The Bertz CT molecular complexity index is 877. The fraction of sp³-hybridized carbons (Fsp3) is 0.143. The second kappa shape index (κ2) is 5.09. The van der Waals surface area contributed by atoms with Gasteiger partial charge in [-0.1, -0.05) is 12.1 Å². The van der Waals surface area contributed by atoms with Gasteiger partial charge < -0.3 is 0 Å². The van der Waals surface area contributed by atoms with Crippen LogP contribution in [0.2, 0.25) is 0 Å². The van der Waals surface area contributed by atoms with Crippen LogP contribution in [0.1, 0.15) is 0 Å². The van der Waals surface area contributed by atoms with Crippen LogP contribution in [0.4, 0.5) is 0 Å². The van der Waals surface area contributed by atoms with E-state index in [9.17, 15) is 8.42 Å². The molecule has 2 aromatic heterocycles. The Balaban J connectivity index is 1.93. The molecule has 0 atom stereocenters. The predicted octanol–water partition coefficient (Wildman–Crippen LogP) is 2.61. The summed E-state index contributed by atoms with van der Waals surface area (Å²) in [4.78, 5) is 4.89. The van der Waals surface area contributed by atoms with E-state index in [0.717, 1.165) is 21.8 Å². The first-order valence-corrected chi connectivity index (χ1v) is 8.95. The van der Waals surface area contributed by atoms with Crippen LogP contribution in [0, 0.1) is 0 Å². The van der Waals surface area contributed by atoms with Crippen molar-refractivity contribution in [3.8, 4) is 21.8 Å². The normalized spacial score (nSPS) is 11.7. The van der Waals surface area contributed by atoms with Crippen molar-refractivity contribution in [2.75, 3.05) is 6.26 Å². The average Bonchev–Trinajstić information content (AvgIpc) is 3.06. The summed E-state index contributed by atoms with van der Waals surface area (Å²) in [6.45, 7) is 0. The number of benzene rings is 1. The van der Waals surface area contributed by atoms with E-state index < -0.39 is 9.84 Å². The van der Waals surface area contributed by atoms with Gasteiger partial charge in [-0.05, 0) is 12.1 Å². The Morgan fingerprint density at radius 3 is 2.43 bits per heavy atom. The van der Waals surface area contributed by atoms with Crippen LogP contribution in [0.3, 0.4) is 0 Å². The molecule has 0 bridgehead atoms. The van der Waals surface area contributed by atoms with Gasteiger partial charge in [0.05, 0.1) is 16.8 Å². The summed E-state index contributed by atoms with van der Waals surface area (Å²) in [7, 11) is -1.30. The van der Waals surface area contributed by atoms with E-state index in [4.69, 9.17) is 0 Å². The molecule has 3 rings (SSSR count). The van der Waals surface area contributed by atoms with Crippen molar-refractivity contribution in [1.29, 1.82) is 0 Å². The van der Waals surface area contributed by atoms with Crippen molar-refractivity contribution in [3.63, 3.8) is 0 Å². The van der Waals surface area contributed by atoms with Crippen LogP contribution >= 0.6 is 11.3 Å². The summed E-state index contributed by atoms with van der Waals surface area (Å²) in [6, 6.07) is 6.77. The molecule has 0 saturated carbocycles. The molecule has 2 heterocycles. The van der Waals surface area contributed by atoms with Crippen molar-refractivity contribution in [2.45, 2.75) is 4.90 Å². The highest BCUT2D eigenvalue weighted by Crippen LogP contribution is 2.29. The molecule has 1 aromatic carbocycles. The number of hydrogen-bond donors (Lipinski definition) is 0. The van der Waals surface area contributed by atoms with Gasteiger partial charge in [0, 0.05) is 36.0 Å². The second-order valence-corrected chi connectivity index (χ2v) is 7.61. The topological polar surface area (TPSA) is 64.8 Å². The Labute approximate surface area is 126 Å². The minimum absolute atomic E-state index is 0.315. The van der Waals surface area contributed by atoms with Gasteiger partial charge >= 0.3 is 0 Å². The lowest BCUT2D eigenvalue weighted by Gasteiger charge is -1.99. The minimum atomic E-state index is -3.16. The van der Waals surface area contributed by atoms with Crippen LogP contribution in [-0.2, 0) is 16.9 Å². The molecule has 0 N–H and O–H groups in total. The van der Waals surface area contributed by atoms with Crippen LogP contribution in [-0.4, -0.2) is 29.4 Å². The van der Waals surface area contributed by atoms with Crippen molar-refractivity contribution in [2.24, 2.45) is 7.05 Å². The van der Waals surface area contributed by atoms with Crippen molar-refractivity contribution >= 4 is 21.2 Å². The molecule has 0 unspecified atom stereocenters. The van der Waals surface area contributed by atoms with Crippen LogP contribution < -0.4 is 0 Å². The van der Waals surface area contributed by atoms with Crippen molar-refractivity contribution < 1.29 is 8.42 Å². The molecule has 0 aliphatic rings. The van der Waals surface area contributed by atoms with E-state index in [0.29, 0.717) is 4.90 Å². The highest BCUT2D eigenvalue weighted by Gasteiger charge is 2.10. The summed E-state index contributed by atoms with van der Waals surface area (Å²) < 4.78 is 24.6. The van der Waals surface area contributed by atoms with Crippen LogP contribution in [0.15, 0.2) is 46.9 Å². The molecule has 3 aromatic rings. The largest absolute Gasteiger partial charge is 0.275 e. The smallest absolute Gasteiger partial charge is 0.175 e. The van der Waals surface area contributed by atoms with Gasteiger partial charge in [-0.3, -0.25) is 4.68 Å². The SMILES string of the molecule is Cn1cc(-c2csc(-c3ccc(S(C)(=O)=O)cc3)n2)cn1.